The fourth-order valence-corrected chi connectivity index (χ4v) is 2.24. The number of hydrogen-bond donors (Lipinski definition) is 1. The van der Waals surface area contributed by atoms with Crippen LogP contribution in [0.4, 0.5) is 4.79 Å². The number of imide groups is 1. The van der Waals surface area contributed by atoms with E-state index in [4.69, 9.17) is 0 Å². The number of hydrogen-bond acceptors (Lipinski definition) is 2. The first-order chi connectivity index (χ1) is 9.58. The molecule has 1 unspecified atom stereocenters. The van der Waals surface area contributed by atoms with E-state index >= 15 is 0 Å². The molecule has 106 valence electrons. The molecule has 3 amide bonds. The maximum atomic E-state index is 12.1. The zero-order valence-electron chi connectivity index (χ0n) is 11.9. The van der Waals surface area contributed by atoms with Gasteiger partial charge in [-0.1, -0.05) is 56.3 Å². The summed E-state index contributed by atoms with van der Waals surface area (Å²) in [5, 5.41) is 2.74. The number of carbonyl (C=O) groups is 2. The first-order valence-electron chi connectivity index (χ1n) is 6.91. The summed E-state index contributed by atoms with van der Waals surface area (Å²) in [6.45, 7) is 4.39. The van der Waals surface area contributed by atoms with Crippen molar-refractivity contribution in [2.75, 3.05) is 6.54 Å². The minimum Gasteiger partial charge on any atom is -0.326 e. The molecule has 0 aromatic heterocycles. The van der Waals surface area contributed by atoms with Crippen molar-refractivity contribution in [2.24, 2.45) is 5.92 Å². The molecular weight excluding hydrogens is 252 g/mol. The fourth-order valence-electron chi connectivity index (χ4n) is 2.24. The highest BCUT2D eigenvalue weighted by atomic mass is 16.2. The number of amides is 3. The summed E-state index contributed by atoms with van der Waals surface area (Å²) < 4.78 is 0. The Morgan fingerprint density at radius 2 is 1.95 bits per heavy atom. The molecule has 0 spiro atoms. The topological polar surface area (TPSA) is 49.4 Å². The Morgan fingerprint density at radius 1 is 1.25 bits per heavy atom. The van der Waals surface area contributed by atoms with Crippen LogP contribution in [-0.2, 0) is 4.79 Å². The third kappa shape index (κ3) is 3.47. The van der Waals surface area contributed by atoms with Gasteiger partial charge in [0.25, 0.3) is 5.91 Å². The lowest BCUT2D eigenvalue weighted by molar-refractivity contribution is -0.127. The van der Waals surface area contributed by atoms with Gasteiger partial charge in [-0.2, -0.15) is 0 Å². The number of nitrogens with one attached hydrogen (secondary N) is 1. The van der Waals surface area contributed by atoms with Gasteiger partial charge in [0, 0.05) is 6.54 Å². The molecule has 1 heterocycles. The summed E-state index contributed by atoms with van der Waals surface area (Å²) in [7, 11) is 0. The van der Waals surface area contributed by atoms with Crippen LogP contribution in [0.15, 0.2) is 36.4 Å². The second kappa shape index (κ2) is 6.37. The van der Waals surface area contributed by atoms with Crippen LogP contribution in [0.2, 0.25) is 0 Å². The van der Waals surface area contributed by atoms with Gasteiger partial charge in [0.1, 0.15) is 6.04 Å². The Morgan fingerprint density at radius 3 is 2.60 bits per heavy atom. The highest BCUT2D eigenvalue weighted by molar-refractivity contribution is 6.04. The lowest BCUT2D eigenvalue weighted by Crippen LogP contribution is -2.32. The summed E-state index contributed by atoms with van der Waals surface area (Å²) in [5.74, 6) is 0.255. The van der Waals surface area contributed by atoms with Crippen LogP contribution in [0.1, 0.15) is 25.8 Å². The zero-order valence-corrected chi connectivity index (χ0v) is 11.9. The Labute approximate surface area is 119 Å². The van der Waals surface area contributed by atoms with Gasteiger partial charge in [-0.05, 0) is 17.9 Å². The van der Waals surface area contributed by atoms with E-state index in [9.17, 15) is 9.59 Å². The summed E-state index contributed by atoms with van der Waals surface area (Å²) in [5.41, 5.74) is 1.05. The number of benzene rings is 1. The van der Waals surface area contributed by atoms with Crippen LogP contribution < -0.4 is 5.32 Å². The van der Waals surface area contributed by atoms with E-state index in [0.29, 0.717) is 18.9 Å². The van der Waals surface area contributed by atoms with E-state index in [2.05, 4.69) is 5.32 Å². The second-order valence-electron chi connectivity index (χ2n) is 5.39. The monoisotopic (exact) mass is 272 g/mol. The minimum absolute atomic E-state index is 0.124. The highest BCUT2D eigenvalue weighted by Gasteiger charge is 2.37. The Hall–Kier alpha value is -2.10. The molecule has 1 aliphatic rings. The maximum absolute atomic E-state index is 12.1. The number of carbonyl (C=O) groups excluding carboxylic acids is 2. The molecule has 4 heteroatoms. The average Bonchev–Trinajstić information content (AvgIpc) is 2.67. The van der Waals surface area contributed by atoms with Gasteiger partial charge in [0.15, 0.2) is 0 Å². The lowest BCUT2D eigenvalue weighted by atomic mass is 10.0. The molecule has 0 bridgehead atoms. The third-order valence-electron chi connectivity index (χ3n) is 3.21. The molecule has 1 aromatic carbocycles. The standard InChI is InChI=1S/C16H20N2O2/c1-12(2)11-14-15(19)18(16(20)17-14)10-6-9-13-7-4-3-5-8-13/h3-9,12,14H,10-11H2,1-2H3,(H,17,20)/b9-6+. The molecule has 1 aliphatic heterocycles. The Bertz CT molecular complexity index is 508. The van der Waals surface area contributed by atoms with Crippen molar-refractivity contribution in [1.82, 2.24) is 10.2 Å². The predicted octanol–water partition coefficient (Wildman–Crippen LogP) is 2.67. The van der Waals surface area contributed by atoms with Crippen molar-refractivity contribution in [3.63, 3.8) is 0 Å². The molecule has 0 radical (unpaired) electrons. The lowest BCUT2D eigenvalue weighted by Gasteiger charge is -2.11. The van der Waals surface area contributed by atoms with E-state index in [0.717, 1.165) is 5.56 Å². The highest BCUT2D eigenvalue weighted by Crippen LogP contribution is 2.14. The van der Waals surface area contributed by atoms with Crippen molar-refractivity contribution in [1.29, 1.82) is 0 Å². The molecule has 1 N–H and O–H groups in total. The van der Waals surface area contributed by atoms with Gasteiger partial charge in [0.05, 0.1) is 0 Å². The van der Waals surface area contributed by atoms with Gasteiger partial charge >= 0.3 is 6.03 Å². The average molecular weight is 272 g/mol. The molecular formula is C16H20N2O2. The van der Waals surface area contributed by atoms with Crippen molar-refractivity contribution in [3.8, 4) is 0 Å². The van der Waals surface area contributed by atoms with Gasteiger partial charge < -0.3 is 5.32 Å². The van der Waals surface area contributed by atoms with Crippen LogP contribution in [0, 0.1) is 5.92 Å². The van der Waals surface area contributed by atoms with E-state index in [1.54, 1.807) is 0 Å². The Balaban J connectivity index is 1.94. The van der Waals surface area contributed by atoms with Crippen molar-refractivity contribution in [3.05, 3.63) is 42.0 Å². The smallest absolute Gasteiger partial charge is 0.325 e. The zero-order chi connectivity index (χ0) is 14.5. The minimum atomic E-state index is -0.368. The maximum Gasteiger partial charge on any atom is 0.325 e. The summed E-state index contributed by atoms with van der Waals surface area (Å²) in [4.78, 5) is 25.2. The third-order valence-corrected chi connectivity index (χ3v) is 3.21. The largest absolute Gasteiger partial charge is 0.326 e. The molecule has 0 saturated carbocycles. The number of urea groups is 1. The van der Waals surface area contributed by atoms with Crippen molar-refractivity contribution in [2.45, 2.75) is 26.3 Å². The molecule has 20 heavy (non-hydrogen) atoms. The molecule has 1 aromatic rings. The first-order valence-corrected chi connectivity index (χ1v) is 6.91. The summed E-state index contributed by atoms with van der Waals surface area (Å²) in [6.07, 6.45) is 4.43. The van der Waals surface area contributed by atoms with Crippen LogP contribution in [0.5, 0.6) is 0 Å². The van der Waals surface area contributed by atoms with Crippen LogP contribution in [0.25, 0.3) is 6.08 Å². The second-order valence-corrected chi connectivity index (χ2v) is 5.39. The number of rotatable bonds is 5. The summed E-state index contributed by atoms with van der Waals surface area (Å²) in [6, 6.07) is 9.14. The Kier molecular flexibility index (Phi) is 4.56. The van der Waals surface area contributed by atoms with Crippen molar-refractivity contribution < 1.29 is 9.59 Å². The van der Waals surface area contributed by atoms with E-state index in [1.807, 2.05) is 56.3 Å². The van der Waals surface area contributed by atoms with Gasteiger partial charge in [0.2, 0.25) is 0 Å². The van der Waals surface area contributed by atoms with Gasteiger partial charge in [-0.25, -0.2) is 4.79 Å². The van der Waals surface area contributed by atoms with Gasteiger partial charge in [-0.15, -0.1) is 0 Å². The van der Waals surface area contributed by atoms with Crippen LogP contribution in [-0.4, -0.2) is 29.4 Å². The molecule has 0 aliphatic carbocycles. The van der Waals surface area contributed by atoms with E-state index < -0.39 is 0 Å². The quantitative estimate of drug-likeness (QED) is 0.838. The molecule has 1 fully saturated rings. The first kappa shape index (κ1) is 14.3. The van der Waals surface area contributed by atoms with Crippen LogP contribution in [0.3, 0.4) is 0 Å². The fraction of sp³-hybridized carbons (Fsp3) is 0.375. The normalized spacial score (nSPS) is 19.1. The SMILES string of the molecule is CC(C)CC1NC(=O)N(C/C=C/c2ccccc2)C1=O. The van der Waals surface area contributed by atoms with Gasteiger partial charge in [-0.3, -0.25) is 9.69 Å². The van der Waals surface area contributed by atoms with E-state index in [-0.39, 0.29) is 18.0 Å². The predicted molar refractivity (Wildman–Crippen MR) is 79.0 cm³/mol. The van der Waals surface area contributed by atoms with Crippen molar-refractivity contribution >= 4 is 18.0 Å². The van der Waals surface area contributed by atoms with E-state index in [1.165, 1.54) is 4.90 Å². The van der Waals surface area contributed by atoms with Crippen LogP contribution >= 0.6 is 0 Å². The molecule has 4 nitrogen and oxygen atoms in total. The summed E-state index contributed by atoms with van der Waals surface area (Å²) >= 11 is 0. The molecule has 1 saturated heterocycles. The number of nitrogens with zero attached hydrogens (tertiary/aromatic N) is 1. The molecule has 1 atom stereocenters. The molecule has 2 rings (SSSR count).